The lowest BCUT2D eigenvalue weighted by Gasteiger charge is -2.13. The van der Waals surface area contributed by atoms with Gasteiger partial charge in [0.1, 0.15) is 0 Å². The van der Waals surface area contributed by atoms with Crippen LogP contribution < -0.4 is 10.6 Å². The van der Waals surface area contributed by atoms with E-state index in [0.717, 1.165) is 5.92 Å². The van der Waals surface area contributed by atoms with E-state index in [2.05, 4.69) is 24.5 Å². The zero-order valence-corrected chi connectivity index (χ0v) is 8.40. The van der Waals surface area contributed by atoms with E-state index in [-0.39, 0.29) is 0 Å². The Hall–Kier alpha value is -0.0800. The van der Waals surface area contributed by atoms with E-state index < -0.39 is 0 Å². The van der Waals surface area contributed by atoms with Crippen molar-refractivity contribution in [1.29, 1.82) is 0 Å². The van der Waals surface area contributed by atoms with Gasteiger partial charge in [0.25, 0.3) is 0 Å². The van der Waals surface area contributed by atoms with E-state index in [1.54, 1.807) is 0 Å². The third kappa shape index (κ3) is 3.55. The predicted octanol–water partition coefficient (Wildman–Crippen LogP) is 1.37. The maximum absolute atomic E-state index is 3.53. The predicted molar refractivity (Wildman–Crippen MR) is 53.3 cm³/mol. The van der Waals surface area contributed by atoms with Crippen LogP contribution in [-0.2, 0) is 0 Å². The molecule has 72 valence electrons. The van der Waals surface area contributed by atoms with Gasteiger partial charge in [-0.25, -0.2) is 0 Å². The lowest BCUT2D eigenvalue weighted by atomic mass is 10.1. The van der Waals surface area contributed by atoms with Crippen LogP contribution in [0.5, 0.6) is 0 Å². The van der Waals surface area contributed by atoms with Crippen LogP contribution in [0.4, 0.5) is 0 Å². The molecule has 1 rings (SSSR count). The van der Waals surface area contributed by atoms with E-state index in [4.69, 9.17) is 0 Å². The van der Waals surface area contributed by atoms with Crippen molar-refractivity contribution in [3.8, 4) is 0 Å². The fraction of sp³-hybridized carbons (Fsp3) is 1.00. The molecule has 1 heterocycles. The van der Waals surface area contributed by atoms with Crippen LogP contribution >= 0.6 is 0 Å². The normalized spacial score (nSPS) is 26.0. The molecule has 12 heavy (non-hydrogen) atoms. The van der Waals surface area contributed by atoms with Gasteiger partial charge in [-0.2, -0.15) is 0 Å². The van der Waals surface area contributed by atoms with Crippen molar-refractivity contribution in [1.82, 2.24) is 10.6 Å². The van der Waals surface area contributed by atoms with Crippen LogP contribution in [0.25, 0.3) is 0 Å². The number of nitrogens with one attached hydrogen (secondary N) is 2. The summed E-state index contributed by atoms with van der Waals surface area (Å²) in [6, 6.07) is 0.694. The number of hydrogen-bond donors (Lipinski definition) is 2. The molecule has 2 atom stereocenters. The van der Waals surface area contributed by atoms with E-state index in [0.29, 0.717) is 6.04 Å². The van der Waals surface area contributed by atoms with Crippen molar-refractivity contribution in [2.75, 3.05) is 19.6 Å². The number of rotatable bonds is 5. The van der Waals surface area contributed by atoms with Crippen LogP contribution in [-0.4, -0.2) is 25.7 Å². The molecule has 0 bridgehead atoms. The molecule has 1 aliphatic rings. The summed E-state index contributed by atoms with van der Waals surface area (Å²) < 4.78 is 0. The van der Waals surface area contributed by atoms with Gasteiger partial charge in [0.2, 0.25) is 0 Å². The minimum absolute atomic E-state index is 0.694. The van der Waals surface area contributed by atoms with Gasteiger partial charge in [0.15, 0.2) is 0 Å². The molecule has 0 amide bonds. The third-order valence-electron chi connectivity index (χ3n) is 2.82. The second kappa shape index (κ2) is 5.55. The molecule has 1 fully saturated rings. The molecule has 1 saturated heterocycles. The maximum atomic E-state index is 3.53. The average Bonchev–Trinajstić information content (AvgIpc) is 2.57. The molecule has 0 radical (unpaired) electrons. The highest BCUT2D eigenvalue weighted by Crippen LogP contribution is 2.10. The van der Waals surface area contributed by atoms with E-state index >= 15 is 0 Å². The molecule has 2 nitrogen and oxygen atoms in total. The molecule has 0 aromatic rings. The molecular formula is C10H22N2. The summed E-state index contributed by atoms with van der Waals surface area (Å²) in [6.45, 7) is 8.15. The third-order valence-corrected chi connectivity index (χ3v) is 2.82. The Morgan fingerprint density at radius 2 is 2.42 bits per heavy atom. The first-order chi connectivity index (χ1) is 5.83. The molecule has 1 aliphatic heterocycles. The minimum Gasteiger partial charge on any atom is -0.316 e. The highest BCUT2D eigenvalue weighted by Gasteiger charge is 2.13. The molecule has 2 N–H and O–H groups in total. The summed E-state index contributed by atoms with van der Waals surface area (Å²) in [6.07, 6.45) is 3.96. The van der Waals surface area contributed by atoms with Crippen LogP contribution in [0, 0.1) is 5.92 Å². The van der Waals surface area contributed by atoms with E-state index in [1.807, 2.05) is 0 Å². The summed E-state index contributed by atoms with van der Waals surface area (Å²) >= 11 is 0. The molecule has 2 heteroatoms. The zero-order valence-electron chi connectivity index (χ0n) is 8.40. The Bertz CT molecular complexity index is 108. The summed E-state index contributed by atoms with van der Waals surface area (Å²) in [5.41, 5.74) is 0. The highest BCUT2D eigenvalue weighted by atomic mass is 14.9. The Morgan fingerprint density at radius 1 is 1.58 bits per heavy atom. The van der Waals surface area contributed by atoms with Crippen molar-refractivity contribution < 1.29 is 0 Å². The Morgan fingerprint density at radius 3 is 3.00 bits per heavy atom. The highest BCUT2D eigenvalue weighted by molar-refractivity contribution is 4.72. The first-order valence-electron chi connectivity index (χ1n) is 5.27. The van der Waals surface area contributed by atoms with Gasteiger partial charge in [-0.3, -0.25) is 0 Å². The summed E-state index contributed by atoms with van der Waals surface area (Å²) in [7, 11) is 0. The van der Waals surface area contributed by atoms with Gasteiger partial charge >= 0.3 is 0 Å². The van der Waals surface area contributed by atoms with Crippen LogP contribution in [0.2, 0.25) is 0 Å². The van der Waals surface area contributed by atoms with Gasteiger partial charge < -0.3 is 10.6 Å². The second-order valence-electron chi connectivity index (χ2n) is 3.91. The molecule has 0 aromatic carbocycles. The largest absolute Gasteiger partial charge is 0.316 e. The van der Waals surface area contributed by atoms with Gasteiger partial charge in [-0.05, 0) is 51.7 Å². The Kier molecular flexibility index (Phi) is 4.62. The molecule has 0 saturated carbocycles. The summed E-state index contributed by atoms with van der Waals surface area (Å²) in [4.78, 5) is 0. The van der Waals surface area contributed by atoms with Gasteiger partial charge in [-0.15, -0.1) is 0 Å². The van der Waals surface area contributed by atoms with Gasteiger partial charge in [0, 0.05) is 6.04 Å². The van der Waals surface area contributed by atoms with Crippen molar-refractivity contribution in [2.45, 2.75) is 39.2 Å². The molecule has 0 spiro atoms. The van der Waals surface area contributed by atoms with Gasteiger partial charge in [0.05, 0.1) is 0 Å². The Labute approximate surface area is 76.1 Å². The van der Waals surface area contributed by atoms with E-state index in [1.165, 1.54) is 38.9 Å². The molecular weight excluding hydrogens is 148 g/mol. The lowest BCUT2D eigenvalue weighted by molar-refractivity contribution is 0.459. The minimum atomic E-state index is 0.694. The average molecular weight is 170 g/mol. The van der Waals surface area contributed by atoms with Crippen LogP contribution in [0.3, 0.4) is 0 Å². The summed E-state index contributed by atoms with van der Waals surface area (Å²) in [5, 5.41) is 6.93. The van der Waals surface area contributed by atoms with Crippen molar-refractivity contribution >= 4 is 0 Å². The fourth-order valence-electron chi connectivity index (χ4n) is 1.64. The van der Waals surface area contributed by atoms with Crippen molar-refractivity contribution in [2.24, 2.45) is 5.92 Å². The fourth-order valence-corrected chi connectivity index (χ4v) is 1.64. The molecule has 2 unspecified atom stereocenters. The van der Waals surface area contributed by atoms with E-state index in [9.17, 15) is 0 Å². The standard InChI is InChI=1S/C10H22N2/c1-3-9(2)12-7-5-10-4-6-11-8-10/h9-12H,3-8H2,1-2H3. The molecule has 0 aliphatic carbocycles. The quantitative estimate of drug-likeness (QED) is 0.651. The Balaban J connectivity index is 1.94. The monoisotopic (exact) mass is 170 g/mol. The smallest absolute Gasteiger partial charge is 0.00361 e. The SMILES string of the molecule is CCC(C)NCCC1CCNC1. The number of hydrogen-bond acceptors (Lipinski definition) is 2. The first-order valence-corrected chi connectivity index (χ1v) is 5.27. The topological polar surface area (TPSA) is 24.1 Å². The van der Waals surface area contributed by atoms with Crippen molar-refractivity contribution in [3.63, 3.8) is 0 Å². The first kappa shape index (κ1) is 10.0. The van der Waals surface area contributed by atoms with Gasteiger partial charge in [-0.1, -0.05) is 6.92 Å². The maximum Gasteiger partial charge on any atom is 0.00361 e. The zero-order chi connectivity index (χ0) is 8.81. The second-order valence-corrected chi connectivity index (χ2v) is 3.91. The van der Waals surface area contributed by atoms with Crippen LogP contribution in [0.15, 0.2) is 0 Å². The summed E-state index contributed by atoms with van der Waals surface area (Å²) in [5.74, 6) is 0.932. The molecule has 0 aromatic heterocycles. The van der Waals surface area contributed by atoms with Crippen LogP contribution in [0.1, 0.15) is 33.1 Å². The van der Waals surface area contributed by atoms with Crippen molar-refractivity contribution in [3.05, 3.63) is 0 Å². The lowest BCUT2D eigenvalue weighted by Crippen LogP contribution is -2.27.